The first kappa shape index (κ1) is 20.1. The fraction of sp³-hybridized carbons (Fsp3) is 0.222. The number of nitrogens with two attached hydrogens (primary N) is 1. The van der Waals surface area contributed by atoms with E-state index in [4.69, 9.17) is 5.73 Å². The molecule has 0 heterocycles. The molecule has 6 nitrogen and oxygen atoms in total. The van der Waals surface area contributed by atoms with Gasteiger partial charge in [0.25, 0.3) is 5.91 Å². The number of nitrogens with one attached hydrogen (secondary N) is 2. The van der Waals surface area contributed by atoms with Crippen LogP contribution < -0.4 is 21.3 Å². The van der Waals surface area contributed by atoms with Gasteiger partial charge >= 0.3 is 12.2 Å². The van der Waals surface area contributed by atoms with Crippen molar-refractivity contribution in [1.29, 1.82) is 0 Å². The molecule has 0 aromatic heterocycles. The predicted molar refractivity (Wildman–Crippen MR) is 96.6 cm³/mol. The number of carbonyl (C=O) groups excluding carboxylic acids is 2. The topological polar surface area (TPSA) is 87.5 Å². The molecule has 2 aromatic carbocycles. The fourth-order valence-electron chi connectivity index (χ4n) is 2.31. The summed E-state index contributed by atoms with van der Waals surface area (Å²) in [5.74, 6) is -0.674. The number of nitrogens with zero attached hydrogens (tertiary/aromatic N) is 1. The number of amides is 3. The standard InChI is InChI=1S/C18H19F3N4O2/c1-25(2)13-7-8-15(14(9-13)18(19,20)21)24-16(26)12-5-3-11(4-6-12)10-23-17(22)27/h3-9H,10H2,1-2H3,(H,24,26)(H3,22,23,27). The quantitative estimate of drug-likeness (QED) is 0.744. The highest BCUT2D eigenvalue weighted by Gasteiger charge is 2.34. The Hall–Kier alpha value is -3.23. The summed E-state index contributed by atoms with van der Waals surface area (Å²) in [5, 5.41) is 4.70. The van der Waals surface area contributed by atoms with Crippen LogP contribution in [0.25, 0.3) is 0 Å². The van der Waals surface area contributed by atoms with Crippen LogP contribution in [0.1, 0.15) is 21.5 Å². The number of hydrogen-bond acceptors (Lipinski definition) is 3. The van der Waals surface area contributed by atoms with Gasteiger partial charge in [0.2, 0.25) is 0 Å². The molecule has 2 aromatic rings. The number of anilines is 2. The second-order valence-electron chi connectivity index (χ2n) is 5.99. The van der Waals surface area contributed by atoms with Crippen LogP contribution >= 0.6 is 0 Å². The molecule has 144 valence electrons. The van der Waals surface area contributed by atoms with Gasteiger partial charge in [-0.25, -0.2) is 4.79 Å². The molecule has 0 aliphatic carbocycles. The second-order valence-corrected chi connectivity index (χ2v) is 5.99. The van der Waals surface area contributed by atoms with Gasteiger partial charge in [-0.1, -0.05) is 12.1 Å². The number of urea groups is 1. The molecule has 27 heavy (non-hydrogen) atoms. The molecule has 0 bridgehead atoms. The normalized spacial score (nSPS) is 11.0. The largest absolute Gasteiger partial charge is 0.418 e. The van der Waals surface area contributed by atoms with E-state index in [0.717, 1.165) is 6.07 Å². The van der Waals surface area contributed by atoms with Crippen molar-refractivity contribution in [2.45, 2.75) is 12.7 Å². The van der Waals surface area contributed by atoms with Crippen molar-refractivity contribution >= 4 is 23.3 Å². The van der Waals surface area contributed by atoms with E-state index in [2.05, 4.69) is 10.6 Å². The average Bonchev–Trinajstić information content (AvgIpc) is 2.59. The summed E-state index contributed by atoms with van der Waals surface area (Å²) >= 11 is 0. The molecule has 9 heteroatoms. The molecular weight excluding hydrogens is 361 g/mol. The lowest BCUT2D eigenvalue weighted by Gasteiger charge is -2.18. The van der Waals surface area contributed by atoms with Crippen LogP contribution in [0.3, 0.4) is 0 Å². The Balaban J connectivity index is 2.21. The van der Waals surface area contributed by atoms with E-state index in [9.17, 15) is 22.8 Å². The van der Waals surface area contributed by atoms with Gasteiger partial charge in [0, 0.05) is 31.9 Å². The molecule has 2 rings (SSSR count). The highest BCUT2D eigenvalue weighted by atomic mass is 19.4. The van der Waals surface area contributed by atoms with Crippen molar-refractivity contribution in [3.63, 3.8) is 0 Å². The molecule has 0 spiro atoms. The summed E-state index contributed by atoms with van der Waals surface area (Å²) in [6, 6.07) is 9.07. The minimum atomic E-state index is -4.61. The fourth-order valence-corrected chi connectivity index (χ4v) is 2.31. The van der Waals surface area contributed by atoms with E-state index in [1.54, 1.807) is 31.1 Å². The van der Waals surface area contributed by atoms with Crippen LogP contribution in [0, 0.1) is 0 Å². The minimum absolute atomic E-state index is 0.182. The van der Waals surface area contributed by atoms with Crippen molar-refractivity contribution in [2.24, 2.45) is 5.73 Å². The zero-order chi connectivity index (χ0) is 20.2. The summed E-state index contributed by atoms with van der Waals surface area (Å²) in [6.07, 6.45) is -4.61. The lowest BCUT2D eigenvalue weighted by atomic mass is 10.1. The third-order valence-electron chi connectivity index (χ3n) is 3.76. The lowest BCUT2D eigenvalue weighted by molar-refractivity contribution is -0.136. The third-order valence-corrected chi connectivity index (χ3v) is 3.76. The van der Waals surface area contributed by atoms with Crippen LogP contribution in [0.2, 0.25) is 0 Å². The van der Waals surface area contributed by atoms with Crippen molar-refractivity contribution in [3.8, 4) is 0 Å². The number of carbonyl (C=O) groups is 2. The summed E-state index contributed by atoms with van der Waals surface area (Å²) < 4.78 is 40.0. The summed E-state index contributed by atoms with van der Waals surface area (Å²) in [6.45, 7) is 0.182. The van der Waals surface area contributed by atoms with E-state index in [1.165, 1.54) is 24.3 Å². The first-order valence-electron chi connectivity index (χ1n) is 7.90. The number of hydrogen-bond donors (Lipinski definition) is 3. The number of rotatable bonds is 5. The molecule has 0 saturated carbocycles. The smallest absolute Gasteiger partial charge is 0.378 e. The van der Waals surface area contributed by atoms with Gasteiger partial charge in [-0.2, -0.15) is 13.2 Å². The van der Waals surface area contributed by atoms with Crippen molar-refractivity contribution in [1.82, 2.24) is 5.32 Å². The maximum absolute atomic E-state index is 13.3. The van der Waals surface area contributed by atoms with E-state index >= 15 is 0 Å². The second kappa shape index (κ2) is 7.98. The average molecular weight is 380 g/mol. The van der Waals surface area contributed by atoms with E-state index in [-0.39, 0.29) is 17.8 Å². The molecule has 4 N–H and O–H groups in total. The molecule has 0 radical (unpaired) electrons. The van der Waals surface area contributed by atoms with Crippen molar-refractivity contribution in [3.05, 3.63) is 59.2 Å². The SMILES string of the molecule is CN(C)c1ccc(NC(=O)c2ccc(CNC(N)=O)cc2)c(C(F)(F)F)c1. The number of primary amides is 1. The minimum Gasteiger partial charge on any atom is -0.378 e. The first-order valence-corrected chi connectivity index (χ1v) is 7.90. The molecule has 3 amide bonds. The zero-order valence-electron chi connectivity index (χ0n) is 14.7. The Labute approximate surface area is 154 Å². The van der Waals surface area contributed by atoms with Crippen molar-refractivity contribution < 1.29 is 22.8 Å². The molecule has 0 aliphatic heterocycles. The highest BCUT2D eigenvalue weighted by Crippen LogP contribution is 2.37. The van der Waals surface area contributed by atoms with Crippen LogP contribution in [0.15, 0.2) is 42.5 Å². The predicted octanol–water partition coefficient (Wildman–Crippen LogP) is 3.19. The molecule has 0 fully saturated rings. The van der Waals surface area contributed by atoms with Gasteiger partial charge < -0.3 is 21.3 Å². The molecule has 0 aliphatic rings. The number of alkyl halides is 3. The van der Waals surface area contributed by atoms with Gasteiger partial charge in [0.1, 0.15) is 0 Å². The monoisotopic (exact) mass is 380 g/mol. The van der Waals surface area contributed by atoms with E-state index < -0.39 is 23.7 Å². The van der Waals surface area contributed by atoms with Crippen LogP contribution in [-0.2, 0) is 12.7 Å². The van der Waals surface area contributed by atoms with E-state index in [0.29, 0.717) is 11.3 Å². The van der Waals surface area contributed by atoms with Crippen molar-refractivity contribution in [2.75, 3.05) is 24.3 Å². The van der Waals surface area contributed by atoms with Crippen LogP contribution in [0.5, 0.6) is 0 Å². The van der Waals surface area contributed by atoms with Gasteiger partial charge in [-0.15, -0.1) is 0 Å². The third kappa shape index (κ3) is 5.37. The summed E-state index contributed by atoms with van der Waals surface area (Å²) in [5.41, 5.74) is 4.97. The van der Waals surface area contributed by atoms with E-state index in [1.807, 2.05) is 0 Å². The Morgan fingerprint density at radius 1 is 1.07 bits per heavy atom. The molecule has 0 atom stereocenters. The first-order chi connectivity index (χ1) is 12.6. The van der Waals surface area contributed by atoms with Gasteiger partial charge in [0.05, 0.1) is 11.3 Å². The Kier molecular flexibility index (Phi) is 5.94. The zero-order valence-corrected chi connectivity index (χ0v) is 14.7. The number of benzene rings is 2. The highest BCUT2D eigenvalue weighted by molar-refractivity contribution is 6.04. The maximum atomic E-state index is 13.3. The molecule has 0 unspecified atom stereocenters. The number of halogens is 3. The van der Waals surface area contributed by atoms with Crippen LogP contribution in [0.4, 0.5) is 29.3 Å². The summed E-state index contributed by atoms with van der Waals surface area (Å²) in [7, 11) is 3.25. The maximum Gasteiger partial charge on any atom is 0.418 e. The Morgan fingerprint density at radius 2 is 1.70 bits per heavy atom. The molecule has 0 saturated heterocycles. The lowest BCUT2D eigenvalue weighted by Crippen LogP contribution is -2.28. The van der Waals surface area contributed by atoms with Gasteiger partial charge in [-0.05, 0) is 35.9 Å². The van der Waals surface area contributed by atoms with Crippen LogP contribution in [-0.4, -0.2) is 26.0 Å². The summed E-state index contributed by atoms with van der Waals surface area (Å²) in [4.78, 5) is 24.5. The van der Waals surface area contributed by atoms with Gasteiger partial charge in [0.15, 0.2) is 0 Å². The Morgan fingerprint density at radius 3 is 2.22 bits per heavy atom. The Bertz CT molecular complexity index is 833. The molecular formula is C18H19F3N4O2. The van der Waals surface area contributed by atoms with Gasteiger partial charge in [-0.3, -0.25) is 4.79 Å².